The highest BCUT2D eigenvalue weighted by atomic mass is 32.1. The van der Waals surface area contributed by atoms with Gasteiger partial charge in [0.2, 0.25) is 5.88 Å². The number of hydrogen-bond donors (Lipinski definition) is 0. The number of ether oxygens (including phenoxy) is 1. The van der Waals surface area contributed by atoms with E-state index in [4.69, 9.17) is 4.74 Å². The SMILES string of the molecule is COc1ncccc1C(=O)N=c1sccn1C. The van der Waals surface area contributed by atoms with Crippen LogP contribution in [0.5, 0.6) is 5.88 Å². The number of pyridine rings is 1. The van der Waals surface area contributed by atoms with Gasteiger partial charge in [0.25, 0.3) is 5.91 Å². The molecule has 17 heavy (non-hydrogen) atoms. The van der Waals surface area contributed by atoms with Crippen molar-refractivity contribution in [3.8, 4) is 5.88 Å². The molecule has 5 nitrogen and oxygen atoms in total. The molecule has 0 aliphatic rings. The summed E-state index contributed by atoms with van der Waals surface area (Å²) in [5, 5.41) is 1.87. The zero-order valence-electron chi connectivity index (χ0n) is 9.45. The molecule has 0 spiro atoms. The maximum absolute atomic E-state index is 12.0. The van der Waals surface area contributed by atoms with Gasteiger partial charge >= 0.3 is 0 Å². The number of carbonyl (C=O) groups is 1. The minimum absolute atomic E-state index is 0.292. The van der Waals surface area contributed by atoms with Gasteiger partial charge < -0.3 is 9.30 Å². The van der Waals surface area contributed by atoms with E-state index in [9.17, 15) is 4.79 Å². The fraction of sp³-hybridized carbons (Fsp3) is 0.182. The third-order valence-corrected chi connectivity index (χ3v) is 3.00. The minimum atomic E-state index is -0.354. The summed E-state index contributed by atoms with van der Waals surface area (Å²) >= 11 is 1.40. The highest BCUT2D eigenvalue weighted by molar-refractivity contribution is 7.07. The predicted octanol–water partition coefficient (Wildman–Crippen LogP) is 1.23. The van der Waals surface area contributed by atoms with Crippen LogP contribution in [0.2, 0.25) is 0 Å². The lowest BCUT2D eigenvalue weighted by Crippen LogP contribution is -2.13. The molecular weight excluding hydrogens is 238 g/mol. The Balaban J connectivity index is 2.42. The van der Waals surface area contributed by atoms with E-state index >= 15 is 0 Å². The number of aromatic nitrogens is 2. The van der Waals surface area contributed by atoms with Crippen molar-refractivity contribution < 1.29 is 9.53 Å². The van der Waals surface area contributed by atoms with Crippen LogP contribution >= 0.6 is 11.3 Å². The van der Waals surface area contributed by atoms with Crippen molar-refractivity contribution >= 4 is 17.2 Å². The molecule has 0 saturated carbocycles. The van der Waals surface area contributed by atoms with Crippen molar-refractivity contribution in [2.45, 2.75) is 0 Å². The smallest absolute Gasteiger partial charge is 0.285 e. The maximum Gasteiger partial charge on any atom is 0.285 e. The summed E-state index contributed by atoms with van der Waals surface area (Å²) in [6, 6.07) is 3.32. The molecule has 88 valence electrons. The average molecular weight is 249 g/mol. The van der Waals surface area contributed by atoms with E-state index in [1.165, 1.54) is 18.4 Å². The van der Waals surface area contributed by atoms with Crippen molar-refractivity contribution in [3.05, 3.63) is 40.3 Å². The summed E-state index contributed by atoms with van der Waals surface area (Å²) in [4.78, 5) is 20.6. The van der Waals surface area contributed by atoms with Gasteiger partial charge in [0.05, 0.1) is 7.11 Å². The fourth-order valence-electron chi connectivity index (χ4n) is 1.30. The van der Waals surface area contributed by atoms with Gasteiger partial charge in [-0.25, -0.2) is 4.98 Å². The van der Waals surface area contributed by atoms with E-state index in [-0.39, 0.29) is 5.91 Å². The standard InChI is InChI=1S/C11H11N3O2S/c1-14-6-7-17-11(14)13-9(15)8-4-3-5-12-10(8)16-2/h3-7H,1-2H3. The molecule has 0 fully saturated rings. The third-order valence-electron chi connectivity index (χ3n) is 2.15. The second-order valence-electron chi connectivity index (χ2n) is 3.27. The molecule has 1 amide bonds. The van der Waals surface area contributed by atoms with E-state index in [2.05, 4.69) is 9.98 Å². The van der Waals surface area contributed by atoms with E-state index in [1.807, 2.05) is 18.6 Å². The molecule has 2 aromatic rings. The highest BCUT2D eigenvalue weighted by Gasteiger charge is 2.11. The van der Waals surface area contributed by atoms with Crippen LogP contribution in [0.25, 0.3) is 0 Å². The Morgan fingerprint density at radius 2 is 2.41 bits per heavy atom. The summed E-state index contributed by atoms with van der Waals surface area (Å²) in [7, 11) is 3.31. The Kier molecular flexibility index (Phi) is 3.34. The van der Waals surface area contributed by atoms with Crippen molar-refractivity contribution in [2.75, 3.05) is 7.11 Å². The molecule has 0 N–H and O–H groups in total. The summed E-state index contributed by atoms with van der Waals surface area (Å²) < 4.78 is 6.80. The fourth-order valence-corrected chi connectivity index (χ4v) is 2.03. The van der Waals surface area contributed by atoms with Crippen molar-refractivity contribution in [2.24, 2.45) is 12.0 Å². The van der Waals surface area contributed by atoms with Gasteiger partial charge in [-0.15, -0.1) is 11.3 Å². The Labute approximate surface area is 102 Å². The molecule has 0 aromatic carbocycles. The van der Waals surface area contributed by atoms with Crippen molar-refractivity contribution in [1.29, 1.82) is 0 Å². The molecule has 2 heterocycles. The van der Waals surface area contributed by atoms with Crippen LogP contribution in [0.4, 0.5) is 0 Å². The van der Waals surface area contributed by atoms with Crippen molar-refractivity contribution in [1.82, 2.24) is 9.55 Å². The van der Waals surface area contributed by atoms with E-state index < -0.39 is 0 Å². The van der Waals surface area contributed by atoms with Gasteiger partial charge in [-0.2, -0.15) is 4.99 Å². The molecule has 6 heteroatoms. The normalized spacial score (nSPS) is 11.5. The Hall–Kier alpha value is -1.95. The number of nitrogens with zero attached hydrogens (tertiary/aromatic N) is 3. The van der Waals surface area contributed by atoms with Crippen LogP contribution in [0.15, 0.2) is 34.9 Å². The number of amides is 1. The molecule has 0 bridgehead atoms. The number of hydrogen-bond acceptors (Lipinski definition) is 4. The molecule has 2 aromatic heterocycles. The zero-order chi connectivity index (χ0) is 12.3. The van der Waals surface area contributed by atoms with Crippen LogP contribution in [-0.4, -0.2) is 22.6 Å². The zero-order valence-corrected chi connectivity index (χ0v) is 10.3. The first-order chi connectivity index (χ1) is 8.22. The molecular formula is C11H11N3O2S. The van der Waals surface area contributed by atoms with E-state index in [0.717, 1.165) is 0 Å². The minimum Gasteiger partial charge on any atom is -0.480 e. The number of thiazole rings is 1. The van der Waals surface area contributed by atoms with Crippen LogP contribution < -0.4 is 9.54 Å². The second-order valence-corrected chi connectivity index (χ2v) is 4.15. The monoisotopic (exact) mass is 249 g/mol. The number of aryl methyl sites for hydroxylation is 1. The van der Waals surface area contributed by atoms with Crippen LogP contribution in [0.1, 0.15) is 10.4 Å². The Morgan fingerprint density at radius 1 is 1.59 bits per heavy atom. The van der Waals surface area contributed by atoms with Gasteiger partial charge in [0, 0.05) is 24.8 Å². The van der Waals surface area contributed by atoms with Gasteiger partial charge in [0.15, 0.2) is 4.80 Å². The molecule has 0 radical (unpaired) electrons. The molecule has 0 unspecified atom stereocenters. The second kappa shape index (κ2) is 4.92. The molecule has 0 saturated heterocycles. The number of carbonyl (C=O) groups excluding carboxylic acids is 1. The van der Waals surface area contributed by atoms with Crippen LogP contribution in [0, 0.1) is 0 Å². The topological polar surface area (TPSA) is 56.5 Å². The first kappa shape index (κ1) is 11.5. The Bertz CT molecular complexity index is 601. The quantitative estimate of drug-likeness (QED) is 0.804. The molecule has 0 aliphatic heterocycles. The summed E-state index contributed by atoms with van der Waals surface area (Å²) in [5.41, 5.74) is 0.364. The number of methoxy groups -OCH3 is 1. The summed E-state index contributed by atoms with van der Waals surface area (Å²) in [6.45, 7) is 0. The molecule has 2 rings (SSSR count). The van der Waals surface area contributed by atoms with Gasteiger partial charge in [-0.3, -0.25) is 4.79 Å². The molecule has 0 atom stereocenters. The summed E-state index contributed by atoms with van der Waals surface area (Å²) in [5.74, 6) is -0.0616. The first-order valence-electron chi connectivity index (χ1n) is 4.90. The first-order valence-corrected chi connectivity index (χ1v) is 5.78. The van der Waals surface area contributed by atoms with E-state index in [0.29, 0.717) is 16.2 Å². The lowest BCUT2D eigenvalue weighted by molar-refractivity contribution is 0.0994. The lowest BCUT2D eigenvalue weighted by Gasteiger charge is -2.02. The van der Waals surface area contributed by atoms with Gasteiger partial charge in [0.1, 0.15) is 5.56 Å². The maximum atomic E-state index is 12.0. The largest absolute Gasteiger partial charge is 0.480 e. The number of rotatable bonds is 2. The summed E-state index contributed by atoms with van der Waals surface area (Å²) in [6.07, 6.45) is 3.41. The predicted molar refractivity (Wildman–Crippen MR) is 64.0 cm³/mol. The van der Waals surface area contributed by atoms with Crippen LogP contribution in [0.3, 0.4) is 0 Å². The van der Waals surface area contributed by atoms with Gasteiger partial charge in [-0.1, -0.05) is 0 Å². The lowest BCUT2D eigenvalue weighted by atomic mass is 10.2. The Morgan fingerprint density at radius 3 is 3.06 bits per heavy atom. The third kappa shape index (κ3) is 2.42. The highest BCUT2D eigenvalue weighted by Crippen LogP contribution is 2.14. The van der Waals surface area contributed by atoms with Crippen LogP contribution in [-0.2, 0) is 7.05 Å². The van der Waals surface area contributed by atoms with Crippen molar-refractivity contribution in [3.63, 3.8) is 0 Å². The van der Waals surface area contributed by atoms with Gasteiger partial charge in [-0.05, 0) is 12.1 Å². The van der Waals surface area contributed by atoms with E-state index in [1.54, 1.807) is 22.9 Å². The average Bonchev–Trinajstić information content (AvgIpc) is 2.75. The molecule has 0 aliphatic carbocycles.